The first-order chi connectivity index (χ1) is 7.54. The van der Waals surface area contributed by atoms with Crippen LogP contribution in [0, 0.1) is 0 Å². The summed E-state index contributed by atoms with van der Waals surface area (Å²) in [6.45, 7) is 3.46. The summed E-state index contributed by atoms with van der Waals surface area (Å²) in [4.78, 5) is 0. The van der Waals surface area contributed by atoms with E-state index in [9.17, 15) is 8.42 Å². The molecule has 1 fully saturated rings. The van der Waals surface area contributed by atoms with Crippen molar-refractivity contribution < 1.29 is 8.42 Å². The van der Waals surface area contributed by atoms with Gasteiger partial charge in [-0.05, 0) is 25.5 Å². The molecule has 0 radical (unpaired) electrons. The Bertz CT molecular complexity index is 292. The lowest BCUT2D eigenvalue weighted by Gasteiger charge is -2.40. The van der Waals surface area contributed by atoms with Crippen LogP contribution >= 0.6 is 11.8 Å². The molecule has 3 nitrogen and oxygen atoms in total. The number of hydrogen-bond acceptors (Lipinski definition) is 4. The van der Waals surface area contributed by atoms with Gasteiger partial charge in [0.1, 0.15) is 0 Å². The maximum absolute atomic E-state index is 11.5. The minimum absolute atomic E-state index is 0.283. The fourth-order valence-corrected chi connectivity index (χ4v) is 4.21. The van der Waals surface area contributed by atoms with Crippen LogP contribution in [0.25, 0.3) is 0 Å². The first-order valence-electron chi connectivity index (χ1n) is 6.00. The van der Waals surface area contributed by atoms with Crippen molar-refractivity contribution in [1.29, 1.82) is 0 Å². The molecule has 1 rings (SSSR count). The Hall–Kier alpha value is 0.260. The molecule has 1 N–H and O–H groups in total. The van der Waals surface area contributed by atoms with Crippen molar-refractivity contribution in [2.45, 2.75) is 37.4 Å². The van der Waals surface area contributed by atoms with Crippen LogP contribution in [0.2, 0.25) is 0 Å². The third kappa shape index (κ3) is 4.26. The fourth-order valence-electron chi connectivity index (χ4n) is 1.98. The summed E-state index contributed by atoms with van der Waals surface area (Å²) in [5.74, 6) is 0.605. The molecular weight excluding hydrogens is 242 g/mol. The highest BCUT2D eigenvalue weighted by atomic mass is 32.2. The minimum atomic E-state index is -2.81. The monoisotopic (exact) mass is 265 g/mol. The van der Waals surface area contributed by atoms with E-state index in [-0.39, 0.29) is 5.75 Å². The summed E-state index contributed by atoms with van der Waals surface area (Å²) < 4.78 is 23.3. The first-order valence-corrected chi connectivity index (χ1v) is 9.04. The molecule has 1 aliphatic carbocycles. The van der Waals surface area contributed by atoms with E-state index in [4.69, 9.17) is 0 Å². The maximum Gasteiger partial charge on any atom is 0.151 e. The number of thioether (sulfide) groups is 1. The van der Waals surface area contributed by atoms with E-state index in [0.717, 1.165) is 13.0 Å². The van der Waals surface area contributed by atoms with E-state index in [2.05, 4.69) is 11.6 Å². The molecule has 0 atom stereocenters. The van der Waals surface area contributed by atoms with Crippen molar-refractivity contribution in [2.24, 2.45) is 0 Å². The van der Waals surface area contributed by atoms with Crippen LogP contribution in [-0.4, -0.2) is 44.0 Å². The second-order valence-corrected chi connectivity index (χ2v) is 8.15. The zero-order valence-electron chi connectivity index (χ0n) is 10.3. The molecule has 0 bridgehead atoms. The molecule has 0 spiro atoms. The van der Waals surface area contributed by atoms with Crippen molar-refractivity contribution in [3.05, 3.63) is 0 Å². The standard InChI is InChI=1S/C11H23NO2S2/c1-3-8-16(13,14)9-7-12-10-11(15-2)5-4-6-11/h12H,3-10H2,1-2H3. The van der Waals surface area contributed by atoms with E-state index in [0.29, 0.717) is 17.0 Å². The van der Waals surface area contributed by atoms with Gasteiger partial charge in [-0.15, -0.1) is 0 Å². The Morgan fingerprint density at radius 3 is 2.44 bits per heavy atom. The fraction of sp³-hybridized carbons (Fsp3) is 1.00. The Kier molecular flexibility index (Phi) is 5.61. The van der Waals surface area contributed by atoms with Crippen LogP contribution < -0.4 is 5.32 Å². The normalized spacial score (nSPS) is 19.4. The molecule has 0 aliphatic heterocycles. The summed E-state index contributed by atoms with van der Waals surface area (Å²) in [5.41, 5.74) is 0. The summed E-state index contributed by atoms with van der Waals surface area (Å²) in [6.07, 6.45) is 6.72. The summed E-state index contributed by atoms with van der Waals surface area (Å²) in [5, 5.41) is 3.29. The second kappa shape index (κ2) is 6.26. The van der Waals surface area contributed by atoms with Gasteiger partial charge in [0, 0.05) is 23.6 Å². The molecule has 0 aromatic carbocycles. The lowest BCUT2D eigenvalue weighted by Crippen LogP contribution is -2.44. The van der Waals surface area contributed by atoms with Gasteiger partial charge in [0.2, 0.25) is 0 Å². The lowest BCUT2D eigenvalue weighted by atomic mass is 9.84. The van der Waals surface area contributed by atoms with Crippen molar-refractivity contribution in [3.63, 3.8) is 0 Å². The maximum atomic E-state index is 11.5. The van der Waals surface area contributed by atoms with E-state index in [1.807, 2.05) is 18.7 Å². The molecule has 5 heteroatoms. The van der Waals surface area contributed by atoms with Gasteiger partial charge in [-0.2, -0.15) is 11.8 Å². The van der Waals surface area contributed by atoms with Gasteiger partial charge >= 0.3 is 0 Å². The molecule has 16 heavy (non-hydrogen) atoms. The van der Waals surface area contributed by atoms with Crippen LogP contribution in [-0.2, 0) is 9.84 Å². The van der Waals surface area contributed by atoms with Gasteiger partial charge < -0.3 is 5.32 Å². The van der Waals surface area contributed by atoms with Crippen molar-refractivity contribution in [2.75, 3.05) is 30.9 Å². The molecule has 0 aromatic heterocycles. The Balaban J connectivity index is 2.16. The number of sulfone groups is 1. The van der Waals surface area contributed by atoms with Crippen LogP contribution in [0.4, 0.5) is 0 Å². The van der Waals surface area contributed by atoms with Gasteiger partial charge in [-0.3, -0.25) is 0 Å². The Morgan fingerprint density at radius 1 is 1.31 bits per heavy atom. The molecule has 0 saturated heterocycles. The predicted octanol–water partition coefficient (Wildman–Crippen LogP) is 1.69. The van der Waals surface area contributed by atoms with Crippen molar-refractivity contribution in [1.82, 2.24) is 5.32 Å². The zero-order valence-corrected chi connectivity index (χ0v) is 11.9. The second-order valence-electron chi connectivity index (χ2n) is 4.57. The third-order valence-corrected chi connectivity index (χ3v) is 6.52. The topological polar surface area (TPSA) is 46.2 Å². The molecular formula is C11H23NO2S2. The molecule has 0 heterocycles. The highest BCUT2D eigenvalue weighted by Crippen LogP contribution is 2.41. The minimum Gasteiger partial charge on any atom is -0.314 e. The van der Waals surface area contributed by atoms with Crippen LogP contribution in [0.5, 0.6) is 0 Å². The molecule has 96 valence electrons. The quantitative estimate of drug-likeness (QED) is 0.678. The third-order valence-electron chi connectivity index (χ3n) is 3.25. The summed E-state index contributed by atoms with van der Waals surface area (Å²) in [7, 11) is -2.81. The molecule has 0 aromatic rings. The van der Waals surface area contributed by atoms with Crippen molar-refractivity contribution in [3.8, 4) is 0 Å². The Morgan fingerprint density at radius 2 is 2.00 bits per heavy atom. The van der Waals surface area contributed by atoms with Gasteiger partial charge in [0.15, 0.2) is 9.84 Å². The SMILES string of the molecule is CCCS(=O)(=O)CCNCC1(SC)CCC1. The van der Waals surface area contributed by atoms with E-state index in [1.54, 1.807) is 0 Å². The number of hydrogen-bond donors (Lipinski definition) is 1. The lowest BCUT2D eigenvalue weighted by molar-refractivity contribution is 0.349. The highest BCUT2D eigenvalue weighted by Gasteiger charge is 2.35. The smallest absolute Gasteiger partial charge is 0.151 e. The summed E-state index contributed by atoms with van der Waals surface area (Å²) in [6, 6.07) is 0. The summed E-state index contributed by atoms with van der Waals surface area (Å²) >= 11 is 1.92. The van der Waals surface area contributed by atoms with Crippen LogP contribution in [0.1, 0.15) is 32.6 Å². The zero-order chi connectivity index (χ0) is 12.1. The molecule has 1 aliphatic rings. The van der Waals surface area contributed by atoms with Crippen LogP contribution in [0.15, 0.2) is 0 Å². The van der Waals surface area contributed by atoms with E-state index in [1.165, 1.54) is 19.3 Å². The average Bonchev–Trinajstić information content (AvgIpc) is 2.15. The predicted molar refractivity (Wildman–Crippen MR) is 71.9 cm³/mol. The Labute approximate surface area is 104 Å². The van der Waals surface area contributed by atoms with Gasteiger partial charge in [0.25, 0.3) is 0 Å². The molecule has 0 unspecified atom stereocenters. The average molecular weight is 265 g/mol. The van der Waals surface area contributed by atoms with Gasteiger partial charge in [0.05, 0.1) is 5.75 Å². The number of rotatable bonds is 8. The molecule has 1 saturated carbocycles. The van der Waals surface area contributed by atoms with Crippen LogP contribution in [0.3, 0.4) is 0 Å². The van der Waals surface area contributed by atoms with Gasteiger partial charge in [-0.1, -0.05) is 13.3 Å². The van der Waals surface area contributed by atoms with Gasteiger partial charge in [-0.25, -0.2) is 8.42 Å². The van der Waals surface area contributed by atoms with Crippen molar-refractivity contribution >= 4 is 21.6 Å². The largest absolute Gasteiger partial charge is 0.314 e. The van der Waals surface area contributed by atoms with E-state index >= 15 is 0 Å². The van der Waals surface area contributed by atoms with E-state index < -0.39 is 9.84 Å². The highest BCUT2D eigenvalue weighted by molar-refractivity contribution is 8.00. The number of nitrogens with one attached hydrogen (secondary N) is 1. The molecule has 0 amide bonds. The first kappa shape index (κ1) is 14.3.